The Balaban J connectivity index is 1.18. The number of guanidine groups is 1. The molecule has 7 aliphatic carbocycles. The lowest BCUT2D eigenvalue weighted by Crippen LogP contribution is -2.68. The first kappa shape index (κ1) is 46.2. The smallest absolute Gasteiger partial charge is 0.190 e. The minimum atomic E-state index is -1.35. The lowest BCUT2D eigenvalue weighted by Gasteiger charge is -2.66. The number of aliphatic hydroxyl groups excluding tert-OH is 4. The quantitative estimate of drug-likeness (QED) is 0.0527. The van der Waals surface area contributed by atoms with E-state index in [1.807, 2.05) is 34.1 Å². The second-order valence-electron chi connectivity index (χ2n) is 23.0. The van der Waals surface area contributed by atoms with Gasteiger partial charge in [-0.05, 0) is 148 Å². The minimum absolute atomic E-state index is 0.00945. The van der Waals surface area contributed by atoms with Gasteiger partial charge in [-0.25, -0.2) is 4.98 Å². The Bertz CT molecular complexity index is 1950. The monoisotopic (exact) mass is 908 g/mol. The number of carbonyl (C=O) groups excluding carboxylic acids is 1. The number of allylic oxidation sites excluding steroid dienone is 2. The van der Waals surface area contributed by atoms with Crippen molar-refractivity contribution < 1.29 is 30.3 Å². The summed E-state index contributed by atoms with van der Waals surface area (Å²) in [5.74, 6) is 0.464. The van der Waals surface area contributed by atoms with Crippen molar-refractivity contribution in [2.45, 2.75) is 174 Å². The third-order valence-electron chi connectivity index (χ3n) is 19.2. The van der Waals surface area contributed by atoms with Gasteiger partial charge >= 0.3 is 0 Å². The van der Waals surface area contributed by atoms with Crippen molar-refractivity contribution in [3.8, 4) is 0 Å². The van der Waals surface area contributed by atoms with E-state index >= 15 is 0 Å². The predicted octanol–water partition coefficient (Wildman–Crippen LogP) is 7.34. The van der Waals surface area contributed by atoms with Crippen LogP contribution in [0.15, 0.2) is 46.5 Å². The van der Waals surface area contributed by atoms with Gasteiger partial charge in [0, 0.05) is 53.7 Å². The van der Waals surface area contributed by atoms with Crippen LogP contribution in [0.3, 0.4) is 0 Å². The zero-order valence-corrected chi connectivity index (χ0v) is 40.2. The van der Waals surface area contributed by atoms with E-state index in [2.05, 4.69) is 48.8 Å². The highest BCUT2D eigenvalue weighted by atomic mass is 33.1. The molecule has 2 heterocycles. The van der Waals surface area contributed by atoms with Gasteiger partial charge in [-0.2, -0.15) is 0 Å². The van der Waals surface area contributed by atoms with Gasteiger partial charge in [-0.3, -0.25) is 9.79 Å². The summed E-state index contributed by atoms with van der Waals surface area (Å²) in [5.41, 5.74) is 7.72. The Morgan fingerprint density at radius 3 is 2.46 bits per heavy atom. The van der Waals surface area contributed by atoms with Gasteiger partial charge < -0.3 is 41.2 Å². The molecule has 1 aliphatic heterocycles. The molecule has 0 amide bonds. The maximum atomic E-state index is 14.6. The second-order valence-corrected chi connectivity index (χ2v) is 25.6. The van der Waals surface area contributed by atoms with Crippen LogP contribution in [0, 0.1) is 63.1 Å². The molecule has 9 rings (SSSR count). The van der Waals surface area contributed by atoms with Crippen molar-refractivity contribution in [3.63, 3.8) is 0 Å². The molecule has 2 bridgehead atoms. The molecule has 1 aromatic rings. The van der Waals surface area contributed by atoms with Crippen molar-refractivity contribution in [3.05, 3.63) is 41.5 Å². The van der Waals surface area contributed by atoms with Crippen LogP contribution < -0.4 is 11.1 Å². The normalized spacial score (nSPS) is 45.7. The average molecular weight is 908 g/mol. The molecular weight excluding hydrogens is 831 g/mol. The van der Waals surface area contributed by atoms with Gasteiger partial charge in [-0.15, -0.1) is 0 Å². The molecule has 0 unspecified atom stereocenters. The van der Waals surface area contributed by atoms with Crippen LogP contribution in [0.5, 0.6) is 0 Å². The van der Waals surface area contributed by atoms with Gasteiger partial charge in [-0.1, -0.05) is 79.7 Å². The molecule has 0 radical (unpaired) electrons. The summed E-state index contributed by atoms with van der Waals surface area (Å²) < 4.78 is 2.28. The number of ketones is 1. The molecule has 11 nitrogen and oxygen atoms in total. The zero-order valence-electron chi connectivity index (χ0n) is 38.6. The van der Waals surface area contributed by atoms with Gasteiger partial charge in [0.15, 0.2) is 11.7 Å². The maximum absolute atomic E-state index is 14.6. The molecule has 7 fully saturated rings. The first-order valence-corrected chi connectivity index (χ1v) is 27.1. The Morgan fingerprint density at radius 2 is 1.73 bits per heavy atom. The number of carbonyl (C=O) groups is 1. The van der Waals surface area contributed by atoms with Crippen molar-refractivity contribution >= 4 is 33.3 Å². The molecule has 1 aromatic heterocycles. The number of rotatable bonds is 4. The number of aliphatic hydroxyl groups is 5. The molecule has 8 aliphatic rings. The fourth-order valence-electron chi connectivity index (χ4n) is 16.5. The van der Waals surface area contributed by atoms with E-state index in [0.29, 0.717) is 24.1 Å². The van der Waals surface area contributed by atoms with Gasteiger partial charge in [0.05, 0.1) is 30.2 Å². The van der Waals surface area contributed by atoms with Gasteiger partial charge in [0.1, 0.15) is 6.23 Å². The summed E-state index contributed by atoms with van der Waals surface area (Å²) in [5, 5.41) is 62.9. The van der Waals surface area contributed by atoms with E-state index in [4.69, 9.17) is 10.7 Å². The molecule has 63 heavy (non-hydrogen) atoms. The van der Waals surface area contributed by atoms with Crippen LogP contribution in [0.4, 0.5) is 0 Å². The lowest BCUT2D eigenvalue weighted by molar-refractivity contribution is -0.189. The van der Waals surface area contributed by atoms with Crippen LogP contribution in [-0.2, 0) is 4.79 Å². The number of hydrogen-bond donors (Lipinski definition) is 7. The standard InChI is InChI=1S/C50H77N5O6S2/c1-29(56)54-45(51)53-25-34-35-12-8-11-33-37-18-31(50(61,48(35,37)5)39-21-41(58)38-20-42(59)43(60)24-47(38,4)44(34)39)26-62-63-27-32(55-17-16-52-28-55)23-46(2,3)36(19-40(33)57)30-10-9-15-49(22-30)13-6-7-14-49/h16-17,21,28-29,31-35,37-38,40,42-44,56-57,59-61H,6-15,18-20,22-27H2,1-5H3,(H3,51,53,54)/b36-30+/t29-,31-,32-,33-,34-,35-,37+,38-,40+,42+,43-,44-,47-,48+,50+/m0/s1. The molecule has 350 valence electrons. The van der Waals surface area contributed by atoms with E-state index in [1.54, 1.807) is 18.6 Å². The number of aromatic nitrogens is 2. The van der Waals surface area contributed by atoms with Crippen LogP contribution in [0.25, 0.3) is 0 Å². The first-order valence-electron chi connectivity index (χ1n) is 24.6. The summed E-state index contributed by atoms with van der Waals surface area (Å²) in [7, 11) is 3.72. The fraction of sp³-hybridized carbons (Fsp3) is 0.820. The second kappa shape index (κ2) is 17.3. The summed E-state index contributed by atoms with van der Waals surface area (Å²) in [4.78, 5) is 24.0. The summed E-state index contributed by atoms with van der Waals surface area (Å²) >= 11 is 0. The van der Waals surface area contributed by atoms with Crippen LogP contribution in [0.2, 0.25) is 0 Å². The van der Waals surface area contributed by atoms with Crippen molar-refractivity contribution in [2.75, 3.05) is 18.1 Å². The number of aliphatic imine (C=N–C) groups is 1. The molecule has 6 saturated carbocycles. The topological polar surface area (TPSA) is 186 Å². The SMILES string of the molecule is C[C@H](O)NC(N)=NC[C@@H]1[C@H]2C(=CC(=O)[C@@H]3C[C@@H](O)[C@@H](O)C[C@]23C)[C@]2(O)[C@@H]3CSSC[C@@H](n4ccnc4)CC(C)(C)/C(=C4\CCCC5(CCCC5)C4)C[C@@H](O)[C@H]4CCC[C@@H]1[C@]2(C)[C@@H]4C3. The van der Waals surface area contributed by atoms with E-state index < -0.39 is 46.9 Å². The third-order valence-corrected chi connectivity index (χ3v) is 21.8. The van der Waals surface area contributed by atoms with E-state index in [0.717, 1.165) is 56.3 Å². The van der Waals surface area contributed by atoms with Crippen molar-refractivity contribution in [2.24, 2.45) is 73.8 Å². The Morgan fingerprint density at radius 1 is 0.984 bits per heavy atom. The van der Waals surface area contributed by atoms with Gasteiger partial charge in [0.25, 0.3) is 0 Å². The summed E-state index contributed by atoms with van der Waals surface area (Å²) in [6, 6.07) is 0.197. The molecule has 1 saturated heterocycles. The maximum Gasteiger partial charge on any atom is 0.190 e. The van der Waals surface area contributed by atoms with Crippen LogP contribution in [0.1, 0.15) is 143 Å². The largest absolute Gasteiger partial charge is 0.392 e. The highest BCUT2D eigenvalue weighted by Gasteiger charge is 2.75. The van der Waals surface area contributed by atoms with Gasteiger partial charge in [0.2, 0.25) is 0 Å². The molecule has 15 atom stereocenters. The van der Waals surface area contributed by atoms with E-state index in [1.165, 1.54) is 44.1 Å². The number of nitrogens with one attached hydrogen (secondary N) is 1. The van der Waals surface area contributed by atoms with E-state index in [9.17, 15) is 30.3 Å². The number of imidazole rings is 1. The molecule has 13 heteroatoms. The Labute approximate surface area is 383 Å². The molecular formula is C50H77N5O6S2. The van der Waals surface area contributed by atoms with Crippen molar-refractivity contribution in [1.29, 1.82) is 0 Å². The van der Waals surface area contributed by atoms with Crippen LogP contribution >= 0.6 is 21.6 Å². The van der Waals surface area contributed by atoms with E-state index in [-0.39, 0.29) is 71.5 Å². The lowest BCUT2D eigenvalue weighted by atomic mass is 9.39. The molecule has 0 aromatic carbocycles. The first-order chi connectivity index (χ1) is 29.9. The number of hydrogen-bond acceptors (Lipinski definition) is 10. The third kappa shape index (κ3) is 7.83. The Kier molecular flexibility index (Phi) is 12.7. The summed E-state index contributed by atoms with van der Waals surface area (Å²) in [6.45, 7) is 11.2. The number of nitrogens with zero attached hydrogens (tertiary/aromatic N) is 3. The summed E-state index contributed by atoms with van der Waals surface area (Å²) in [6.07, 6.45) is 19.7. The average Bonchev–Trinajstić information content (AvgIpc) is 3.95. The highest BCUT2D eigenvalue weighted by Crippen LogP contribution is 2.75. The van der Waals surface area contributed by atoms with Crippen molar-refractivity contribution in [1.82, 2.24) is 14.9 Å². The van der Waals surface area contributed by atoms with Crippen LogP contribution in [-0.4, -0.2) is 95.0 Å². The highest BCUT2D eigenvalue weighted by molar-refractivity contribution is 8.76. The number of nitrogens with two attached hydrogens (primary N) is 1. The number of fused-ring (bicyclic) bond motifs is 6. The molecule has 8 N–H and O–H groups in total. The minimum Gasteiger partial charge on any atom is -0.392 e. The predicted molar refractivity (Wildman–Crippen MR) is 251 cm³/mol. The fourth-order valence-corrected chi connectivity index (χ4v) is 19.2. The molecule has 1 spiro atoms. The Hall–Kier alpha value is -1.87. The zero-order chi connectivity index (χ0) is 44.7.